The van der Waals surface area contributed by atoms with Gasteiger partial charge in [-0.1, -0.05) is 48.5 Å². The zero-order chi connectivity index (χ0) is 24.2. The summed E-state index contributed by atoms with van der Waals surface area (Å²) in [6, 6.07) is 23.6. The number of nitrogens with zero attached hydrogens (tertiary/aromatic N) is 4. The van der Waals surface area contributed by atoms with E-state index in [2.05, 4.69) is 11.4 Å². The third-order valence-corrected chi connectivity index (χ3v) is 7.19. The molecule has 2 aromatic carbocycles. The molecule has 4 aromatic rings. The van der Waals surface area contributed by atoms with Crippen LogP contribution in [0.3, 0.4) is 0 Å². The van der Waals surface area contributed by atoms with Crippen LogP contribution in [-0.4, -0.2) is 15.7 Å². The fourth-order valence-corrected chi connectivity index (χ4v) is 5.51. The molecule has 35 heavy (non-hydrogen) atoms. The van der Waals surface area contributed by atoms with E-state index in [4.69, 9.17) is 5.10 Å². The highest BCUT2D eigenvalue weighted by Crippen LogP contribution is 2.38. The predicted molar refractivity (Wildman–Crippen MR) is 137 cm³/mol. The highest BCUT2D eigenvalue weighted by molar-refractivity contribution is 7.16. The molecule has 2 aromatic heterocycles. The van der Waals surface area contributed by atoms with Gasteiger partial charge in [0.25, 0.3) is 5.91 Å². The van der Waals surface area contributed by atoms with Crippen molar-refractivity contribution in [2.75, 3.05) is 5.32 Å². The van der Waals surface area contributed by atoms with Gasteiger partial charge in [0.05, 0.1) is 16.9 Å². The maximum Gasteiger partial charge on any atom is 0.266 e. The number of fused-ring (bicyclic) bond motifs is 1. The average molecular weight is 476 g/mol. The van der Waals surface area contributed by atoms with Gasteiger partial charge in [0.2, 0.25) is 0 Å². The Labute approximate surface area is 207 Å². The molecule has 7 heteroatoms. The topological polar surface area (TPSA) is 94.5 Å². The second-order valence-electron chi connectivity index (χ2n) is 8.23. The third-order valence-electron chi connectivity index (χ3n) is 5.99. The number of benzene rings is 2. The van der Waals surface area contributed by atoms with Crippen molar-refractivity contribution in [3.8, 4) is 29.1 Å². The van der Waals surface area contributed by atoms with Crippen LogP contribution < -0.4 is 5.32 Å². The molecular weight excluding hydrogens is 454 g/mol. The number of nitrogens with one attached hydrogen (secondary N) is 1. The van der Waals surface area contributed by atoms with Gasteiger partial charge in [0.1, 0.15) is 22.7 Å². The lowest BCUT2D eigenvalue weighted by atomic mass is 9.96. The Morgan fingerprint density at radius 2 is 1.74 bits per heavy atom. The van der Waals surface area contributed by atoms with Crippen molar-refractivity contribution >= 4 is 28.3 Å². The van der Waals surface area contributed by atoms with Crippen LogP contribution in [0, 0.1) is 22.7 Å². The van der Waals surface area contributed by atoms with Crippen molar-refractivity contribution in [2.45, 2.75) is 25.7 Å². The lowest BCUT2D eigenvalue weighted by Crippen LogP contribution is -2.13. The number of amides is 1. The fourth-order valence-electron chi connectivity index (χ4n) is 4.27. The number of carbonyl (C=O) groups excluding carboxylic acids is 1. The number of aromatic nitrogens is 2. The zero-order valence-corrected chi connectivity index (χ0v) is 19.7. The molecule has 6 nitrogen and oxygen atoms in total. The second-order valence-corrected chi connectivity index (χ2v) is 9.34. The minimum Gasteiger partial charge on any atom is -0.312 e. The van der Waals surface area contributed by atoms with Crippen LogP contribution in [0.5, 0.6) is 0 Å². The summed E-state index contributed by atoms with van der Waals surface area (Å²) in [5.41, 5.74) is 4.58. The minimum absolute atomic E-state index is 0.0509. The van der Waals surface area contributed by atoms with Crippen LogP contribution in [0.25, 0.3) is 23.0 Å². The number of carbonyl (C=O) groups is 1. The quantitative estimate of drug-likeness (QED) is 0.287. The normalized spacial score (nSPS) is 12.9. The first-order chi connectivity index (χ1) is 17.2. The molecule has 2 heterocycles. The molecule has 1 N–H and O–H groups in total. The van der Waals surface area contributed by atoms with E-state index in [0.29, 0.717) is 21.8 Å². The van der Waals surface area contributed by atoms with Crippen molar-refractivity contribution in [1.82, 2.24) is 9.78 Å². The Morgan fingerprint density at radius 3 is 2.46 bits per heavy atom. The molecule has 0 unspecified atom stereocenters. The Hall–Kier alpha value is -4.46. The number of nitriles is 2. The van der Waals surface area contributed by atoms with E-state index in [1.807, 2.05) is 72.9 Å². The predicted octanol–water partition coefficient (Wildman–Crippen LogP) is 5.90. The highest BCUT2D eigenvalue weighted by atomic mass is 32.1. The van der Waals surface area contributed by atoms with Crippen LogP contribution in [0.4, 0.5) is 5.00 Å². The minimum atomic E-state index is -0.533. The van der Waals surface area contributed by atoms with Gasteiger partial charge in [-0.25, -0.2) is 4.68 Å². The van der Waals surface area contributed by atoms with Crippen LogP contribution in [0.2, 0.25) is 0 Å². The summed E-state index contributed by atoms with van der Waals surface area (Å²) in [7, 11) is 0. The molecule has 0 radical (unpaired) electrons. The Morgan fingerprint density at radius 1 is 1.03 bits per heavy atom. The Bertz CT molecular complexity index is 1500. The van der Waals surface area contributed by atoms with Gasteiger partial charge in [-0.2, -0.15) is 15.6 Å². The van der Waals surface area contributed by atoms with Gasteiger partial charge < -0.3 is 5.32 Å². The second kappa shape index (κ2) is 9.80. The molecule has 170 valence electrons. The lowest BCUT2D eigenvalue weighted by molar-refractivity contribution is -0.112. The lowest BCUT2D eigenvalue weighted by Gasteiger charge is -2.09. The Balaban J connectivity index is 1.52. The van der Waals surface area contributed by atoms with Crippen molar-refractivity contribution < 1.29 is 4.79 Å². The van der Waals surface area contributed by atoms with Crippen molar-refractivity contribution in [2.24, 2.45) is 0 Å². The zero-order valence-electron chi connectivity index (χ0n) is 18.9. The first-order valence-electron chi connectivity index (χ1n) is 11.4. The largest absolute Gasteiger partial charge is 0.312 e. The van der Waals surface area contributed by atoms with E-state index in [9.17, 15) is 15.3 Å². The molecule has 0 bridgehead atoms. The number of aryl methyl sites for hydroxylation is 1. The smallest absolute Gasteiger partial charge is 0.266 e. The van der Waals surface area contributed by atoms with E-state index in [-0.39, 0.29) is 5.57 Å². The molecule has 5 rings (SSSR count). The van der Waals surface area contributed by atoms with Crippen LogP contribution in [0.1, 0.15) is 34.4 Å². The summed E-state index contributed by atoms with van der Waals surface area (Å²) in [5, 5.41) is 27.6. The SMILES string of the molecule is N#CC(=Cc1cn(-c2ccccc2)nc1-c1ccccc1)C(=O)Nc1sc2c(c1C#N)CCCC2. The highest BCUT2D eigenvalue weighted by Gasteiger charge is 2.23. The molecule has 1 aliphatic rings. The molecule has 0 saturated heterocycles. The average Bonchev–Trinajstić information content (AvgIpc) is 3.49. The van der Waals surface area contributed by atoms with Crippen molar-refractivity contribution in [3.05, 3.63) is 94.0 Å². The van der Waals surface area contributed by atoms with Gasteiger partial charge >= 0.3 is 0 Å². The van der Waals surface area contributed by atoms with E-state index in [1.54, 1.807) is 10.8 Å². The summed E-state index contributed by atoms with van der Waals surface area (Å²) in [5.74, 6) is -0.533. The van der Waals surface area contributed by atoms with Gasteiger partial charge in [0, 0.05) is 22.2 Å². The summed E-state index contributed by atoms with van der Waals surface area (Å²) in [4.78, 5) is 14.3. The van der Waals surface area contributed by atoms with Crippen molar-refractivity contribution in [3.63, 3.8) is 0 Å². The van der Waals surface area contributed by atoms with Crippen LogP contribution in [0.15, 0.2) is 72.4 Å². The molecule has 0 spiro atoms. The molecule has 1 aliphatic carbocycles. The van der Waals surface area contributed by atoms with E-state index in [1.165, 1.54) is 11.3 Å². The number of para-hydroxylation sites is 1. The van der Waals surface area contributed by atoms with Gasteiger partial charge in [-0.3, -0.25) is 4.79 Å². The molecule has 0 fully saturated rings. The maximum absolute atomic E-state index is 13.1. The maximum atomic E-state index is 13.1. The molecular formula is C28H21N5OS. The number of hydrogen-bond donors (Lipinski definition) is 1. The van der Waals surface area contributed by atoms with Crippen LogP contribution in [-0.2, 0) is 17.6 Å². The Kier molecular flexibility index (Phi) is 6.26. The van der Waals surface area contributed by atoms with Gasteiger partial charge in [0.15, 0.2) is 0 Å². The summed E-state index contributed by atoms with van der Waals surface area (Å²) in [6.45, 7) is 0. The number of anilines is 1. The van der Waals surface area contributed by atoms with E-state index < -0.39 is 5.91 Å². The van der Waals surface area contributed by atoms with Crippen LogP contribution >= 0.6 is 11.3 Å². The number of hydrogen-bond acceptors (Lipinski definition) is 5. The van der Waals surface area contributed by atoms with Gasteiger partial charge in [-0.05, 0) is 49.5 Å². The standard InChI is InChI=1S/C28H21N5OS/c29-16-20(27(34)31-28-24(17-30)23-13-7-8-14-25(23)35-28)15-21-18-33(22-11-5-2-6-12-22)32-26(21)19-9-3-1-4-10-19/h1-6,9-12,15,18H,7-8,13-14H2,(H,31,34). The first-order valence-corrected chi connectivity index (χ1v) is 12.2. The monoisotopic (exact) mass is 475 g/mol. The summed E-state index contributed by atoms with van der Waals surface area (Å²) < 4.78 is 1.74. The van der Waals surface area contributed by atoms with E-state index >= 15 is 0 Å². The number of rotatable bonds is 5. The molecule has 0 saturated carbocycles. The first kappa shape index (κ1) is 22.3. The molecule has 0 aliphatic heterocycles. The summed E-state index contributed by atoms with van der Waals surface area (Å²) >= 11 is 1.44. The fraction of sp³-hybridized carbons (Fsp3) is 0.143. The van der Waals surface area contributed by atoms with E-state index in [0.717, 1.165) is 47.4 Å². The van der Waals surface area contributed by atoms with Crippen molar-refractivity contribution in [1.29, 1.82) is 10.5 Å². The summed E-state index contributed by atoms with van der Waals surface area (Å²) in [6.07, 6.45) is 7.28. The third kappa shape index (κ3) is 4.50. The number of thiophene rings is 1. The molecule has 1 amide bonds. The molecule has 0 atom stereocenters. The van der Waals surface area contributed by atoms with Gasteiger partial charge in [-0.15, -0.1) is 11.3 Å².